The Kier molecular flexibility index (Phi) is 3.38. The number of rotatable bonds is 2. The summed E-state index contributed by atoms with van der Waals surface area (Å²) in [4.78, 5) is 16.8. The van der Waals surface area contributed by atoms with Crippen molar-refractivity contribution in [1.82, 2.24) is 5.06 Å². The molecule has 0 spiro atoms. The minimum atomic E-state index is -0.415. The van der Waals surface area contributed by atoms with Crippen molar-refractivity contribution in [1.29, 1.82) is 0 Å². The van der Waals surface area contributed by atoms with Gasteiger partial charge in [0.05, 0.1) is 31.9 Å². The molecule has 1 aliphatic rings. The molecule has 1 fully saturated rings. The molecule has 1 heterocycles. The average Bonchev–Trinajstić information content (AvgIpc) is 2.31. The van der Waals surface area contributed by atoms with E-state index in [2.05, 4.69) is 0 Å². The van der Waals surface area contributed by atoms with Gasteiger partial charge in [-0.25, -0.2) is 4.79 Å². The molecule has 1 aromatic rings. The Morgan fingerprint density at radius 1 is 1.25 bits per heavy atom. The zero-order valence-electron chi connectivity index (χ0n) is 8.76. The first-order chi connectivity index (χ1) is 7.75. The molecule has 0 amide bonds. The normalized spacial score (nSPS) is 17.0. The van der Waals surface area contributed by atoms with Crippen molar-refractivity contribution in [3.63, 3.8) is 0 Å². The van der Waals surface area contributed by atoms with Crippen LogP contribution in [-0.2, 0) is 9.57 Å². The van der Waals surface area contributed by atoms with Crippen LogP contribution >= 0.6 is 0 Å². The second-order valence-electron chi connectivity index (χ2n) is 3.47. The molecule has 86 valence electrons. The van der Waals surface area contributed by atoms with Crippen LogP contribution in [-0.4, -0.2) is 42.4 Å². The van der Waals surface area contributed by atoms with Crippen LogP contribution in [0.1, 0.15) is 10.4 Å². The largest absolute Gasteiger partial charge is 0.508 e. The number of nitrogens with zero attached hydrogens (tertiary/aromatic N) is 1. The van der Waals surface area contributed by atoms with Crippen LogP contribution in [0.2, 0.25) is 0 Å². The van der Waals surface area contributed by atoms with E-state index in [0.29, 0.717) is 31.9 Å². The number of morpholine rings is 1. The predicted octanol–water partition coefficient (Wildman–Crippen LogP) is 0.796. The maximum absolute atomic E-state index is 11.6. The monoisotopic (exact) mass is 223 g/mol. The molecule has 1 aliphatic heterocycles. The maximum atomic E-state index is 11.6. The fraction of sp³-hybridized carbons (Fsp3) is 0.364. The molecule has 0 bridgehead atoms. The summed E-state index contributed by atoms with van der Waals surface area (Å²) in [6, 6.07) is 5.96. The number of aromatic hydroxyl groups is 1. The van der Waals surface area contributed by atoms with E-state index >= 15 is 0 Å². The van der Waals surface area contributed by atoms with Crippen LogP contribution < -0.4 is 0 Å². The summed E-state index contributed by atoms with van der Waals surface area (Å²) < 4.78 is 5.14. The minimum Gasteiger partial charge on any atom is -0.508 e. The lowest BCUT2D eigenvalue weighted by Crippen LogP contribution is -2.37. The molecule has 0 saturated carbocycles. The van der Waals surface area contributed by atoms with E-state index in [0.717, 1.165) is 0 Å². The van der Waals surface area contributed by atoms with Gasteiger partial charge in [0.2, 0.25) is 0 Å². The Morgan fingerprint density at radius 2 is 1.88 bits per heavy atom. The Hall–Kier alpha value is -1.59. The van der Waals surface area contributed by atoms with Gasteiger partial charge in [-0.2, -0.15) is 0 Å². The maximum Gasteiger partial charge on any atom is 0.357 e. The number of ether oxygens (including phenoxy) is 1. The third kappa shape index (κ3) is 2.71. The Balaban J connectivity index is 1.94. The van der Waals surface area contributed by atoms with Gasteiger partial charge < -0.3 is 14.7 Å². The highest BCUT2D eigenvalue weighted by atomic mass is 16.7. The van der Waals surface area contributed by atoms with E-state index < -0.39 is 5.97 Å². The van der Waals surface area contributed by atoms with Crippen LogP contribution in [0.15, 0.2) is 24.3 Å². The molecule has 0 aliphatic carbocycles. The number of phenols is 1. The van der Waals surface area contributed by atoms with E-state index in [-0.39, 0.29) is 5.75 Å². The first-order valence-corrected chi connectivity index (χ1v) is 5.10. The number of phenolic OH excluding ortho intramolecular Hbond substituents is 1. The summed E-state index contributed by atoms with van der Waals surface area (Å²) in [5.41, 5.74) is 0.421. The fourth-order valence-corrected chi connectivity index (χ4v) is 1.41. The van der Waals surface area contributed by atoms with Crippen LogP contribution in [0, 0.1) is 0 Å². The topological polar surface area (TPSA) is 59.0 Å². The van der Waals surface area contributed by atoms with Crippen LogP contribution in [0.4, 0.5) is 0 Å². The summed E-state index contributed by atoms with van der Waals surface area (Å²) in [6.45, 7) is 2.32. The predicted molar refractivity (Wildman–Crippen MR) is 55.9 cm³/mol. The number of hydrogen-bond acceptors (Lipinski definition) is 5. The van der Waals surface area contributed by atoms with Crippen molar-refractivity contribution in [2.45, 2.75) is 0 Å². The van der Waals surface area contributed by atoms with Crippen molar-refractivity contribution in [2.75, 3.05) is 26.3 Å². The summed E-state index contributed by atoms with van der Waals surface area (Å²) in [7, 11) is 0. The molecule has 16 heavy (non-hydrogen) atoms. The van der Waals surface area contributed by atoms with Gasteiger partial charge in [-0.05, 0) is 24.3 Å². The van der Waals surface area contributed by atoms with Gasteiger partial charge in [0, 0.05) is 0 Å². The summed E-state index contributed by atoms with van der Waals surface area (Å²) in [6.07, 6.45) is 0. The molecular weight excluding hydrogens is 210 g/mol. The molecule has 5 heteroatoms. The second kappa shape index (κ2) is 4.96. The highest BCUT2D eigenvalue weighted by molar-refractivity contribution is 5.89. The molecule has 0 aromatic heterocycles. The smallest absolute Gasteiger partial charge is 0.357 e. The minimum absolute atomic E-state index is 0.128. The summed E-state index contributed by atoms with van der Waals surface area (Å²) in [5, 5.41) is 10.7. The zero-order chi connectivity index (χ0) is 11.4. The SMILES string of the molecule is O=C(ON1CCOCC1)c1ccc(O)cc1. The third-order valence-electron chi connectivity index (χ3n) is 2.29. The van der Waals surface area contributed by atoms with Gasteiger partial charge in [-0.1, -0.05) is 0 Å². The van der Waals surface area contributed by atoms with E-state index in [1.165, 1.54) is 24.3 Å². The molecule has 1 saturated heterocycles. The zero-order valence-corrected chi connectivity index (χ0v) is 8.76. The molecule has 1 N–H and O–H groups in total. The van der Waals surface area contributed by atoms with Gasteiger partial charge in [-0.15, -0.1) is 5.06 Å². The van der Waals surface area contributed by atoms with Crippen molar-refractivity contribution in [3.8, 4) is 5.75 Å². The quantitative estimate of drug-likeness (QED) is 0.803. The highest BCUT2D eigenvalue weighted by Crippen LogP contribution is 2.11. The summed E-state index contributed by atoms with van der Waals surface area (Å²) >= 11 is 0. The first kappa shape index (κ1) is 10.9. The van der Waals surface area contributed by atoms with Crippen molar-refractivity contribution >= 4 is 5.97 Å². The Morgan fingerprint density at radius 3 is 2.50 bits per heavy atom. The van der Waals surface area contributed by atoms with Crippen LogP contribution in [0.3, 0.4) is 0 Å². The van der Waals surface area contributed by atoms with Gasteiger partial charge in [0.1, 0.15) is 5.75 Å². The van der Waals surface area contributed by atoms with E-state index in [1.807, 2.05) is 0 Å². The lowest BCUT2D eigenvalue weighted by atomic mass is 10.2. The van der Waals surface area contributed by atoms with E-state index in [4.69, 9.17) is 14.7 Å². The highest BCUT2D eigenvalue weighted by Gasteiger charge is 2.16. The van der Waals surface area contributed by atoms with Crippen LogP contribution in [0.5, 0.6) is 5.75 Å². The molecule has 0 radical (unpaired) electrons. The van der Waals surface area contributed by atoms with Gasteiger partial charge in [0.25, 0.3) is 0 Å². The van der Waals surface area contributed by atoms with Gasteiger partial charge >= 0.3 is 5.97 Å². The van der Waals surface area contributed by atoms with Crippen molar-refractivity contribution in [2.24, 2.45) is 0 Å². The Labute approximate surface area is 93.1 Å². The lowest BCUT2D eigenvalue weighted by Gasteiger charge is -2.24. The van der Waals surface area contributed by atoms with Crippen molar-refractivity contribution < 1.29 is 19.5 Å². The number of benzene rings is 1. The third-order valence-corrected chi connectivity index (χ3v) is 2.29. The summed E-state index contributed by atoms with van der Waals surface area (Å²) in [5.74, 6) is -0.287. The molecule has 0 unspecified atom stereocenters. The van der Waals surface area contributed by atoms with Gasteiger partial charge in [0.15, 0.2) is 0 Å². The number of carbonyl (C=O) groups is 1. The first-order valence-electron chi connectivity index (χ1n) is 5.10. The standard InChI is InChI=1S/C11H13NO4/c13-10-3-1-9(2-4-10)11(14)16-12-5-7-15-8-6-12/h1-4,13H,5-8H2. The van der Waals surface area contributed by atoms with Crippen LogP contribution in [0.25, 0.3) is 0 Å². The van der Waals surface area contributed by atoms with Crippen molar-refractivity contribution in [3.05, 3.63) is 29.8 Å². The fourth-order valence-electron chi connectivity index (χ4n) is 1.41. The molecule has 0 atom stereocenters. The number of hydroxylamine groups is 2. The van der Waals surface area contributed by atoms with Gasteiger partial charge in [-0.3, -0.25) is 0 Å². The molecule has 5 nitrogen and oxygen atoms in total. The number of carbonyl (C=O) groups excluding carboxylic acids is 1. The molecule has 1 aromatic carbocycles. The number of hydrogen-bond donors (Lipinski definition) is 1. The molecule has 2 rings (SSSR count). The van der Waals surface area contributed by atoms with E-state index in [1.54, 1.807) is 5.06 Å². The lowest BCUT2D eigenvalue weighted by molar-refractivity contribution is -0.150. The molecular formula is C11H13NO4. The van der Waals surface area contributed by atoms with E-state index in [9.17, 15) is 4.79 Å². The second-order valence-corrected chi connectivity index (χ2v) is 3.47. The average molecular weight is 223 g/mol. The Bertz CT molecular complexity index is 357.